The number of piperidine rings is 1. The predicted molar refractivity (Wildman–Crippen MR) is 68.7 cm³/mol. The second-order valence-corrected chi connectivity index (χ2v) is 5.04. The van der Waals surface area contributed by atoms with Crippen molar-refractivity contribution in [2.75, 3.05) is 19.6 Å². The van der Waals surface area contributed by atoms with Crippen LogP contribution in [0.3, 0.4) is 0 Å². The van der Waals surface area contributed by atoms with E-state index in [9.17, 15) is 4.79 Å². The van der Waals surface area contributed by atoms with Crippen molar-refractivity contribution in [1.29, 1.82) is 0 Å². The largest absolute Gasteiger partial charge is 0.298 e. The van der Waals surface area contributed by atoms with Gasteiger partial charge >= 0.3 is 0 Å². The van der Waals surface area contributed by atoms with Crippen molar-refractivity contribution in [3.8, 4) is 0 Å². The summed E-state index contributed by atoms with van der Waals surface area (Å²) in [6.45, 7) is 5.25. The summed E-state index contributed by atoms with van der Waals surface area (Å²) in [6, 6.07) is 0. The minimum Gasteiger partial charge on any atom is -0.298 e. The Morgan fingerprint density at radius 1 is 1.06 bits per heavy atom. The van der Waals surface area contributed by atoms with Crippen molar-refractivity contribution in [3.63, 3.8) is 0 Å². The number of unbranched alkanes of at least 4 members (excludes halogenated alkanes) is 6. The van der Waals surface area contributed by atoms with Crippen LogP contribution in [0.2, 0.25) is 0 Å². The molecule has 0 N–H and O–H groups in total. The summed E-state index contributed by atoms with van der Waals surface area (Å²) in [6.07, 6.45) is 11.4. The smallest absolute Gasteiger partial charge is 0.146 e. The molecular formula is C14H27NO. The standard InChI is InChI=1S/C14H27NO/c1-2-3-4-5-6-7-8-11-15-12-9-10-14(16)13-15/h2-13H2,1H3. The molecule has 0 spiro atoms. The number of Topliss-reactive ketones (excluding diaryl/α,β-unsaturated/α-hetero) is 1. The monoisotopic (exact) mass is 225 g/mol. The highest BCUT2D eigenvalue weighted by atomic mass is 16.1. The molecule has 0 aromatic heterocycles. The maximum Gasteiger partial charge on any atom is 0.146 e. The van der Waals surface area contributed by atoms with Gasteiger partial charge in [0.25, 0.3) is 0 Å². The number of nitrogens with zero attached hydrogens (tertiary/aromatic N) is 1. The lowest BCUT2D eigenvalue weighted by molar-refractivity contribution is -0.122. The first kappa shape index (κ1) is 13.7. The van der Waals surface area contributed by atoms with Gasteiger partial charge in [-0.2, -0.15) is 0 Å². The Morgan fingerprint density at radius 2 is 1.75 bits per heavy atom. The molecular weight excluding hydrogens is 198 g/mol. The van der Waals surface area contributed by atoms with E-state index in [2.05, 4.69) is 11.8 Å². The molecule has 0 aromatic carbocycles. The van der Waals surface area contributed by atoms with Crippen LogP contribution in [-0.4, -0.2) is 30.3 Å². The van der Waals surface area contributed by atoms with E-state index >= 15 is 0 Å². The van der Waals surface area contributed by atoms with Gasteiger partial charge in [-0.25, -0.2) is 0 Å². The summed E-state index contributed by atoms with van der Waals surface area (Å²) in [5, 5.41) is 0. The number of likely N-dealkylation sites (tertiary alicyclic amines) is 1. The molecule has 1 fully saturated rings. The van der Waals surface area contributed by atoms with E-state index in [-0.39, 0.29) is 0 Å². The van der Waals surface area contributed by atoms with Gasteiger partial charge in [0.2, 0.25) is 0 Å². The highest BCUT2D eigenvalue weighted by molar-refractivity contribution is 5.81. The van der Waals surface area contributed by atoms with E-state index in [4.69, 9.17) is 0 Å². The first-order chi connectivity index (χ1) is 7.83. The first-order valence-electron chi connectivity index (χ1n) is 7.07. The van der Waals surface area contributed by atoms with Gasteiger partial charge in [-0.15, -0.1) is 0 Å². The van der Waals surface area contributed by atoms with E-state index in [0.29, 0.717) is 5.78 Å². The normalized spacial score (nSPS) is 17.9. The minimum absolute atomic E-state index is 0.439. The van der Waals surface area contributed by atoms with E-state index in [1.165, 1.54) is 44.9 Å². The third-order valence-electron chi connectivity index (χ3n) is 3.41. The SMILES string of the molecule is CCCCCCCCCN1CCCC(=O)C1. The number of hydrogen-bond donors (Lipinski definition) is 0. The fraction of sp³-hybridized carbons (Fsp3) is 0.929. The molecule has 1 saturated heterocycles. The van der Waals surface area contributed by atoms with E-state index in [1.807, 2.05) is 0 Å². The number of carbonyl (C=O) groups excluding carboxylic acids is 1. The highest BCUT2D eigenvalue weighted by Crippen LogP contribution is 2.10. The first-order valence-corrected chi connectivity index (χ1v) is 7.07. The van der Waals surface area contributed by atoms with E-state index in [0.717, 1.165) is 32.5 Å². The molecule has 0 bridgehead atoms. The molecule has 2 heteroatoms. The van der Waals surface area contributed by atoms with Crippen molar-refractivity contribution < 1.29 is 4.79 Å². The molecule has 0 unspecified atom stereocenters. The number of rotatable bonds is 8. The molecule has 0 radical (unpaired) electrons. The molecule has 1 rings (SSSR count). The molecule has 0 saturated carbocycles. The van der Waals surface area contributed by atoms with Crippen LogP contribution in [0.5, 0.6) is 0 Å². The van der Waals surface area contributed by atoms with Gasteiger partial charge in [0.15, 0.2) is 0 Å². The maximum atomic E-state index is 11.2. The van der Waals surface area contributed by atoms with Crippen LogP contribution in [0.1, 0.15) is 64.7 Å². The van der Waals surface area contributed by atoms with Gasteiger partial charge in [0.1, 0.15) is 5.78 Å². The summed E-state index contributed by atoms with van der Waals surface area (Å²) in [5.41, 5.74) is 0. The highest BCUT2D eigenvalue weighted by Gasteiger charge is 2.15. The van der Waals surface area contributed by atoms with Crippen LogP contribution >= 0.6 is 0 Å². The molecule has 0 atom stereocenters. The summed E-state index contributed by atoms with van der Waals surface area (Å²) in [4.78, 5) is 13.6. The molecule has 94 valence electrons. The lowest BCUT2D eigenvalue weighted by atomic mass is 10.1. The topological polar surface area (TPSA) is 20.3 Å². The lowest BCUT2D eigenvalue weighted by Crippen LogP contribution is -2.36. The van der Waals surface area contributed by atoms with Gasteiger partial charge < -0.3 is 0 Å². The van der Waals surface area contributed by atoms with Crippen LogP contribution in [0.4, 0.5) is 0 Å². The summed E-state index contributed by atoms with van der Waals surface area (Å²) >= 11 is 0. The zero-order valence-corrected chi connectivity index (χ0v) is 10.8. The van der Waals surface area contributed by atoms with Crippen molar-refractivity contribution in [2.45, 2.75) is 64.7 Å². The second-order valence-electron chi connectivity index (χ2n) is 5.04. The van der Waals surface area contributed by atoms with Gasteiger partial charge in [-0.05, 0) is 25.9 Å². The van der Waals surface area contributed by atoms with Gasteiger partial charge in [-0.3, -0.25) is 9.69 Å². The van der Waals surface area contributed by atoms with Crippen LogP contribution < -0.4 is 0 Å². The Hall–Kier alpha value is -0.370. The van der Waals surface area contributed by atoms with Gasteiger partial charge in [-0.1, -0.05) is 45.4 Å². The molecule has 16 heavy (non-hydrogen) atoms. The maximum absolute atomic E-state index is 11.2. The minimum atomic E-state index is 0.439. The van der Waals surface area contributed by atoms with Crippen LogP contribution in [0, 0.1) is 0 Å². The molecule has 0 aliphatic carbocycles. The molecule has 0 amide bonds. The summed E-state index contributed by atoms with van der Waals surface area (Å²) in [7, 11) is 0. The van der Waals surface area contributed by atoms with Gasteiger partial charge in [0, 0.05) is 6.42 Å². The number of ketones is 1. The second kappa shape index (κ2) is 8.74. The Bertz CT molecular complexity index is 191. The van der Waals surface area contributed by atoms with Crippen LogP contribution in [-0.2, 0) is 4.79 Å². The summed E-state index contributed by atoms with van der Waals surface area (Å²) < 4.78 is 0. The zero-order chi connectivity index (χ0) is 11.6. The lowest BCUT2D eigenvalue weighted by Gasteiger charge is -2.25. The Labute approximate surface area is 100 Å². The van der Waals surface area contributed by atoms with Crippen molar-refractivity contribution in [2.24, 2.45) is 0 Å². The fourth-order valence-electron chi connectivity index (χ4n) is 2.39. The Morgan fingerprint density at radius 3 is 2.44 bits per heavy atom. The quantitative estimate of drug-likeness (QED) is 0.590. The Balaban J connectivity index is 1.88. The van der Waals surface area contributed by atoms with Crippen molar-refractivity contribution in [3.05, 3.63) is 0 Å². The third kappa shape index (κ3) is 6.26. The average molecular weight is 225 g/mol. The molecule has 2 nitrogen and oxygen atoms in total. The molecule has 0 aromatic rings. The number of carbonyl (C=O) groups is 1. The van der Waals surface area contributed by atoms with Gasteiger partial charge in [0.05, 0.1) is 6.54 Å². The van der Waals surface area contributed by atoms with Crippen molar-refractivity contribution in [1.82, 2.24) is 4.90 Å². The third-order valence-corrected chi connectivity index (χ3v) is 3.41. The molecule has 1 aliphatic rings. The van der Waals surface area contributed by atoms with Crippen molar-refractivity contribution >= 4 is 5.78 Å². The average Bonchev–Trinajstić information content (AvgIpc) is 2.28. The van der Waals surface area contributed by atoms with E-state index < -0.39 is 0 Å². The van der Waals surface area contributed by atoms with Crippen LogP contribution in [0.15, 0.2) is 0 Å². The van der Waals surface area contributed by atoms with E-state index in [1.54, 1.807) is 0 Å². The fourth-order valence-corrected chi connectivity index (χ4v) is 2.39. The zero-order valence-electron chi connectivity index (χ0n) is 10.8. The Kier molecular flexibility index (Phi) is 7.48. The predicted octanol–water partition coefficient (Wildman–Crippen LogP) is 3.40. The molecule has 1 heterocycles. The molecule has 1 aliphatic heterocycles. The number of hydrogen-bond acceptors (Lipinski definition) is 2. The van der Waals surface area contributed by atoms with Crippen LogP contribution in [0.25, 0.3) is 0 Å². The summed E-state index contributed by atoms with van der Waals surface area (Å²) in [5.74, 6) is 0.439.